The first-order valence-electron chi connectivity index (χ1n) is 9.62. The van der Waals surface area contributed by atoms with Gasteiger partial charge in [-0.2, -0.15) is 0 Å². The Morgan fingerprint density at radius 3 is 1.32 bits per heavy atom. The van der Waals surface area contributed by atoms with Crippen LogP contribution in [0.4, 0.5) is 0 Å². The summed E-state index contributed by atoms with van der Waals surface area (Å²) in [6.45, 7) is 15.6. The number of amides is 1. The summed E-state index contributed by atoms with van der Waals surface area (Å²) < 4.78 is 36.4. The SMILES string of the molecule is C.C.C.C.C.C.C.C.C.CCC(C)C(=O)NC(C)(C)CS(=O)(=O)[O-].CCC(C)O.CCC(C)OC(C)=O.[CH3+]. The summed E-state index contributed by atoms with van der Waals surface area (Å²) >= 11 is 0. The van der Waals surface area contributed by atoms with Gasteiger partial charge in [-0.05, 0) is 47.0 Å². The van der Waals surface area contributed by atoms with Gasteiger partial charge in [0.15, 0.2) is 0 Å². The van der Waals surface area contributed by atoms with E-state index in [1.54, 1.807) is 13.8 Å². The Morgan fingerprint density at radius 2 is 1.16 bits per heavy atom. The monoisotopic (exact) mass is 586 g/mol. The standard InChI is InChI=1S/C9H19NO4S.C6H12O2.C4H10O.9CH4.CH3/c1-5-7(2)8(11)10-9(3,4)6-15(12,13)14;1-4-5(2)8-6(3)7;1-3-4(2)5;;;;;;;;;;/h7H,5-6H2,1-4H3,(H,10,11)(H,12,13,14);5H,4H2,1-3H3;4-5H,3H2,1-2H3;9*1H4;1H3/q;;;;;;;;;;;;+1/p-1. The fourth-order valence-electron chi connectivity index (χ4n) is 1.49. The molecule has 248 valence electrons. The van der Waals surface area contributed by atoms with Gasteiger partial charge in [-0.1, -0.05) is 94.5 Å². The molecule has 0 aromatic rings. The van der Waals surface area contributed by atoms with Crippen LogP contribution in [0.5, 0.6) is 0 Å². The van der Waals surface area contributed by atoms with Gasteiger partial charge >= 0.3 is 5.97 Å². The van der Waals surface area contributed by atoms with Crippen molar-refractivity contribution in [3.8, 4) is 0 Å². The molecule has 0 spiro atoms. The molecule has 0 aromatic carbocycles. The van der Waals surface area contributed by atoms with Crippen molar-refractivity contribution in [2.24, 2.45) is 5.92 Å². The molecular formula is C29H79NO7S. The van der Waals surface area contributed by atoms with Crippen molar-refractivity contribution in [3.05, 3.63) is 7.43 Å². The van der Waals surface area contributed by atoms with Crippen LogP contribution in [0.1, 0.15) is 148 Å². The topological polar surface area (TPSA) is 133 Å². The fourth-order valence-corrected chi connectivity index (χ4v) is 2.44. The van der Waals surface area contributed by atoms with Crippen LogP contribution in [0.3, 0.4) is 0 Å². The number of aliphatic hydroxyl groups is 1. The van der Waals surface area contributed by atoms with Crippen LogP contribution in [0.2, 0.25) is 0 Å². The van der Waals surface area contributed by atoms with Gasteiger partial charge in [0.2, 0.25) is 5.91 Å². The molecule has 0 bridgehead atoms. The fraction of sp³-hybridized carbons (Fsp3) is 0.897. The van der Waals surface area contributed by atoms with E-state index in [1.165, 1.54) is 20.8 Å². The molecule has 0 aromatic heterocycles. The lowest BCUT2D eigenvalue weighted by atomic mass is 10.0. The number of carbonyl (C=O) groups is 2. The second-order valence-corrected chi connectivity index (χ2v) is 8.87. The van der Waals surface area contributed by atoms with E-state index in [0.29, 0.717) is 6.42 Å². The molecule has 0 fully saturated rings. The molecule has 0 saturated heterocycles. The third kappa shape index (κ3) is 70.2. The maximum atomic E-state index is 11.5. The number of rotatable bonds is 8. The van der Waals surface area contributed by atoms with E-state index in [1.807, 2.05) is 27.7 Å². The number of nitrogens with one attached hydrogen (secondary N) is 1. The number of esters is 1. The minimum absolute atomic E-state index is 0. The van der Waals surface area contributed by atoms with Crippen molar-refractivity contribution < 1.29 is 32.4 Å². The van der Waals surface area contributed by atoms with Crippen molar-refractivity contribution in [2.45, 2.75) is 166 Å². The van der Waals surface area contributed by atoms with Gasteiger partial charge < -0.3 is 19.7 Å². The maximum absolute atomic E-state index is 11.5. The van der Waals surface area contributed by atoms with Crippen molar-refractivity contribution in [3.63, 3.8) is 0 Å². The highest BCUT2D eigenvalue weighted by Crippen LogP contribution is 2.09. The summed E-state index contributed by atoms with van der Waals surface area (Å²) in [6, 6.07) is 0. The van der Waals surface area contributed by atoms with Crippen LogP contribution in [0.15, 0.2) is 0 Å². The summed E-state index contributed by atoms with van der Waals surface area (Å²) in [7, 11) is -4.32. The first kappa shape index (κ1) is 83.3. The highest BCUT2D eigenvalue weighted by atomic mass is 32.2. The highest BCUT2D eigenvalue weighted by Gasteiger charge is 2.25. The highest BCUT2D eigenvalue weighted by molar-refractivity contribution is 7.85. The minimum Gasteiger partial charge on any atom is -0.748 e. The minimum atomic E-state index is -4.32. The van der Waals surface area contributed by atoms with E-state index in [2.05, 4.69) is 5.32 Å². The normalized spacial score (nSPS) is 10.5. The third-order valence-electron chi connectivity index (χ3n) is 3.59. The predicted molar refractivity (Wildman–Crippen MR) is 177 cm³/mol. The lowest BCUT2D eigenvalue weighted by Crippen LogP contribution is -2.49. The summed E-state index contributed by atoms with van der Waals surface area (Å²) in [5, 5.41) is 10.9. The summed E-state index contributed by atoms with van der Waals surface area (Å²) in [6.07, 6.45) is 2.38. The van der Waals surface area contributed by atoms with Gasteiger partial charge in [0.25, 0.3) is 0 Å². The van der Waals surface area contributed by atoms with Crippen LogP contribution >= 0.6 is 0 Å². The Balaban J connectivity index is -0.0000000219. The van der Waals surface area contributed by atoms with E-state index in [9.17, 15) is 22.6 Å². The Hall–Kier alpha value is -1.32. The molecule has 0 aliphatic heterocycles. The van der Waals surface area contributed by atoms with Gasteiger partial charge in [0.1, 0.15) is 0 Å². The molecule has 3 atom stereocenters. The molecule has 0 aliphatic carbocycles. The number of carbonyl (C=O) groups excluding carboxylic acids is 2. The van der Waals surface area contributed by atoms with Gasteiger partial charge in [-0.25, -0.2) is 8.42 Å². The number of hydrogen-bond acceptors (Lipinski definition) is 7. The number of aliphatic hydroxyl groups excluding tert-OH is 1. The molecule has 9 heteroatoms. The largest absolute Gasteiger partial charge is 0.748 e. The van der Waals surface area contributed by atoms with Crippen LogP contribution in [-0.4, -0.2) is 53.5 Å². The molecule has 0 radical (unpaired) electrons. The molecule has 2 N–H and O–H groups in total. The second kappa shape index (κ2) is 42.8. The van der Waals surface area contributed by atoms with Gasteiger partial charge in [0.05, 0.1) is 28.1 Å². The average Bonchev–Trinajstić information content (AvgIpc) is 2.51. The van der Waals surface area contributed by atoms with Crippen molar-refractivity contribution in [1.82, 2.24) is 5.32 Å². The van der Waals surface area contributed by atoms with Crippen LogP contribution in [0, 0.1) is 13.3 Å². The van der Waals surface area contributed by atoms with Crippen LogP contribution < -0.4 is 5.32 Å². The molecule has 1 amide bonds. The smallest absolute Gasteiger partial charge is 0.302 e. The first-order valence-corrected chi connectivity index (χ1v) is 11.2. The molecule has 0 heterocycles. The summed E-state index contributed by atoms with van der Waals surface area (Å²) in [4.78, 5) is 21.7. The molecule has 0 rings (SSSR count). The number of hydrogen-bond donors (Lipinski definition) is 2. The molecule has 3 unspecified atom stereocenters. The van der Waals surface area contributed by atoms with Crippen LogP contribution in [0.25, 0.3) is 0 Å². The Kier molecular flexibility index (Phi) is 93.7. The zero-order chi connectivity index (χ0) is 23.1. The Morgan fingerprint density at radius 1 is 0.842 bits per heavy atom. The average molecular weight is 586 g/mol. The van der Waals surface area contributed by atoms with E-state index >= 15 is 0 Å². The van der Waals surface area contributed by atoms with Gasteiger partial charge in [-0.15, -0.1) is 0 Å². The molecular weight excluding hydrogens is 506 g/mol. The molecule has 8 nitrogen and oxygen atoms in total. The van der Waals surface area contributed by atoms with E-state index in [-0.39, 0.29) is 104 Å². The Labute approximate surface area is 244 Å². The van der Waals surface area contributed by atoms with E-state index in [4.69, 9.17) is 9.84 Å². The quantitative estimate of drug-likeness (QED) is 0.165. The zero-order valence-electron chi connectivity index (χ0n) is 19.9. The first-order chi connectivity index (χ1) is 12.5. The van der Waals surface area contributed by atoms with E-state index < -0.39 is 21.4 Å². The Bertz CT molecular complexity index is 535. The van der Waals surface area contributed by atoms with Crippen molar-refractivity contribution in [1.29, 1.82) is 0 Å². The summed E-state index contributed by atoms with van der Waals surface area (Å²) in [5.74, 6) is -1.20. The maximum Gasteiger partial charge on any atom is 0.302 e. The lowest BCUT2D eigenvalue weighted by molar-refractivity contribution is -0.145. The predicted octanol–water partition coefficient (Wildman–Crippen LogP) is 8.77. The second-order valence-electron chi connectivity index (χ2n) is 7.47. The van der Waals surface area contributed by atoms with Crippen LogP contribution in [-0.2, 0) is 24.4 Å². The zero-order valence-corrected chi connectivity index (χ0v) is 20.7. The molecule has 0 aliphatic rings. The molecule has 0 saturated carbocycles. The lowest BCUT2D eigenvalue weighted by Gasteiger charge is -2.28. The van der Waals surface area contributed by atoms with E-state index in [0.717, 1.165) is 12.8 Å². The third-order valence-corrected chi connectivity index (χ3v) is 4.67. The van der Waals surface area contributed by atoms with Gasteiger partial charge in [-0.3, -0.25) is 9.59 Å². The van der Waals surface area contributed by atoms with Crippen molar-refractivity contribution in [2.75, 3.05) is 5.75 Å². The van der Waals surface area contributed by atoms with Crippen molar-refractivity contribution >= 4 is 22.0 Å². The summed E-state index contributed by atoms with van der Waals surface area (Å²) in [5.41, 5.74) is -1.01. The number of ether oxygens (including phenoxy) is 1. The van der Waals surface area contributed by atoms with Gasteiger partial charge in [0, 0.05) is 25.8 Å². The molecule has 38 heavy (non-hydrogen) atoms.